The predicted octanol–water partition coefficient (Wildman–Crippen LogP) is 7.77. The molecule has 0 atom stereocenters. The molecule has 1 heterocycles. The van der Waals surface area contributed by atoms with E-state index >= 15 is 0 Å². The van der Waals surface area contributed by atoms with Crippen LogP contribution >= 0.6 is 0 Å². The van der Waals surface area contributed by atoms with Gasteiger partial charge in [-0.1, -0.05) is 121 Å². The topological polar surface area (TPSA) is 105 Å². The van der Waals surface area contributed by atoms with Crippen LogP contribution in [0.25, 0.3) is 0 Å². The van der Waals surface area contributed by atoms with Crippen LogP contribution in [-0.4, -0.2) is 38.5 Å². The summed E-state index contributed by atoms with van der Waals surface area (Å²) in [5.41, 5.74) is 2.95. The molecule has 0 amide bonds. The summed E-state index contributed by atoms with van der Waals surface area (Å²) < 4.78 is 42.6. The maximum Gasteiger partial charge on any atom is 0.488 e. The van der Waals surface area contributed by atoms with E-state index < -0.39 is 28.5 Å². The van der Waals surface area contributed by atoms with Gasteiger partial charge in [0.05, 0.1) is 0 Å². The Hall–Kier alpha value is -6.98. The van der Waals surface area contributed by atoms with Crippen LogP contribution in [0.4, 0.5) is 0 Å². The van der Waals surface area contributed by atoms with Gasteiger partial charge in [0, 0.05) is 0 Å². The Kier molecular flexibility index (Phi) is 13.6. The quantitative estimate of drug-likeness (QED) is 0.120. The Bertz CT molecular complexity index is 2300. The lowest BCUT2D eigenvalue weighted by atomic mass is 9.61. The zero-order valence-corrected chi connectivity index (χ0v) is 32.8. The lowest BCUT2D eigenvalue weighted by molar-refractivity contribution is 0.308. The fourth-order valence-electron chi connectivity index (χ4n) is 6.19. The largest absolute Gasteiger partial charge is 0.488 e. The smallest absolute Gasteiger partial charge is 0.457 e. The Morgan fingerprint density at radius 1 is 0.279 bits per heavy atom. The summed E-state index contributed by atoms with van der Waals surface area (Å²) in [5.74, 6) is 5.86. The van der Waals surface area contributed by atoms with Crippen molar-refractivity contribution in [2.75, 3.05) is 0 Å². The molecule has 0 aromatic heterocycles. The van der Waals surface area contributed by atoms with E-state index in [0.717, 1.165) is 39.4 Å². The first-order valence-electron chi connectivity index (χ1n) is 19.6. The molecule has 2 N–H and O–H groups in total. The van der Waals surface area contributed by atoms with Gasteiger partial charge in [-0.3, -0.25) is 0 Å². The van der Waals surface area contributed by atoms with Crippen molar-refractivity contribution in [1.29, 1.82) is 0 Å². The minimum Gasteiger partial charge on any atom is -0.457 e. The van der Waals surface area contributed by atoms with Crippen molar-refractivity contribution >= 4 is 50.3 Å². The standard InChI is InChI=1S/C36H27B3O6.C12H11BO3/c1-4-10-31(11-5-1)40-34-22-16-28(17-23-34)37-43-38(29-18-24-35(25-19-29)41-32-12-6-2-7-13-32)45-39(44-37)30-20-26-36(27-21-30)42-33-14-8-3-9-15-33;14-13(15)10-6-8-12(9-7-10)16-11-4-2-1-3-5-11/h1-27H;1-9,14-15H. The number of para-hydroxylation sites is 4. The molecule has 1 aliphatic heterocycles. The maximum absolute atomic E-state index is 8.92. The second-order valence-corrected chi connectivity index (χ2v) is 13.7. The lowest BCUT2D eigenvalue weighted by Gasteiger charge is -2.31. The van der Waals surface area contributed by atoms with Crippen molar-refractivity contribution in [3.05, 3.63) is 218 Å². The first kappa shape index (κ1) is 40.8. The third-order valence-electron chi connectivity index (χ3n) is 9.29. The van der Waals surface area contributed by atoms with Crippen LogP contribution in [-0.2, 0) is 13.7 Å². The van der Waals surface area contributed by atoms with E-state index in [0.29, 0.717) is 28.5 Å². The Balaban J connectivity index is 0.000000269. The molecule has 0 bridgehead atoms. The van der Waals surface area contributed by atoms with Crippen LogP contribution in [0.15, 0.2) is 218 Å². The molecule has 9 rings (SSSR count). The summed E-state index contributed by atoms with van der Waals surface area (Å²) in [6.07, 6.45) is 0. The molecular weight excluding hydrogens is 764 g/mol. The number of hydrogen-bond acceptors (Lipinski definition) is 9. The molecule has 61 heavy (non-hydrogen) atoms. The van der Waals surface area contributed by atoms with Gasteiger partial charge < -0.3 is 42.7 Å². The summed E-state index contributed by atoms with van der Waals surface area (Å²) in [6.45, 7) is 0. The maximum atomic E-state index is 8.92. The van der Waals surface area contributed by atoms with Crippen LogP contribution in [0.1, 0.15) is 0 Å². The van der Waals surface area contributed by atoms with E-state index in [-0.39, 0.29) is 0 Å². The third-order valence-corrected chi connectivity index (χ3v) is 9.29. The summed E-state index contributed by atoms with van der Waals surface area (Å²) in [5, 5.41) is 17.8. The molecule has 0 aliphatic carbocycles. The van der Waals surface area contributed by atoms with Crippen LogP contribution < -0.4 is 40.8 Å². The highest BCUT2D eigenvalue weighted by Gasteiger charge is 2.43. The fourth-order valence-corrected chi connectivity index (χ4v) is 6.19. The van der Waals surface area contributed by atoms with Gasteiger partial charge in [0.25, 0.3) is 0 Å². The van der Waals surface area contributed by atoms with Crippen LogP contribution in [0.3, 0.4) is 0 Å². The predicted molar refractivity (Wildman–Crippen MR) is 241 cm³/mol. The fraction of sp³-hybridized carbons (Fsp3) is 0. The molecule has 296 valence electrons. The van der Waals surface area contributed by atoms with Gasteiger partial charge in [-0.25, -0.2) is 0 Å². The van der Waals surface area contributed by atoms with Gasteiger partial charge >= 0.3 is 28.5 Å². The van der Waals surface area contributed by atoms with Gasteiger partial charge in [-0.15, -0.1) is 0 Å². The van der Waals surface area contributed by atoms with Gasteiger partial charge in [0.15, 0.2) is 0 Å². The Morgan fingerprint density at radius 2 is 0.492 bits per heavy atom. The van der Waals surface area contributed by atoms with Crippen molar-refractivity contribution in [1.82, 2.24) is 0 Å². The van der Waals surface area contributed by atoms with Gasteiger partial charge in [-0.05, 0) is 119 Å². The van der Waals surface area contributed by atoms with Gasteiger partial charge in [0.1, 0.15) is 46.0 Å². The highest BCUT2D eigenvalue weighted by Crippen LogP contribution is 2.24. The van der Waals surface area contributed by atoms with Crippen molar-refractivity contribution < 1.29 is 42.7 Å². The number of benzene rings is 8. The van der Waals surface area contributed by atoms with E-state index in [2.05, 4.69) is 0 Å². The normalized spacial score (nSPS) is 12.1. The number of hydrogen-bond donors (Lipinski definition) is 2. The van der Waals surface area contributed by atoms with E-state index in [1.165, 1.54) is 0 Å². The first-order valence-corrected chi connectivity index (χ1v) is 19.6. The molecule has 0 unspecified atom stereocenters. The number of rotatable bonds is 12. The van der Waals surface area contributed by atoms with Crippen molar-refractivity contribution in [3.63, 3.8) is 0 Å². The molecule has 8 aromatic carbocycles. The van der Waals surface area contributed by atoms with Gasteiger partial charge in [-0.2, -0.15) is 0 Å². The SMILES string of the molecule is OB(O)c1ccc(Oc2ccccc2)cc1.c1ccc(Oc2ccc(B3OB(c4ccc(Oc5ccccc5)cc4)OB(c4ccc(Oc5ccccc5)cc4)O3)cc2)cc1. The average Bonchev–Trinajstić information content (AvgIpc) is 3.31. The van der Waals surface area contributed by atoms with Gasteiger partial charge in [0.2, 0.25) is 0 Å². The van der Waals surface area contributed by atoms with E-state index in [4.69, 9.17) is 42.7 Å². The summed E-state index contributed by atoms with van der Waals surface area (Å²) in [7, 11) is -3.52. The third kappa shape index (κ3) is 11.6. The molecule has 1 saturated heterocycles. The van der Waals surface area contributed by atoms with Crippen LogP contribution in [0, 0.1) is 0 Å². The minimum atomic E-state index is -1.44. The average molecular weight is 802 g/mol. The summed E-state index contributed by atoms with van der Waals surface area (Å²) in [4.78, 5) is 0. The minimum absolute atomic E-state index is 0.445. The molecule has 8 aromatic rings. The molecule has 0 saturated carbocycles. The number of ether oxygens (including phenoxy) is 4. The van der Waals surface area contributed by atoms with Crippen LogP contribution in [0.2, 0.25) is 0 Å². The van der Waals surface area contributed by atoms with E-state index in [9.17, 15) is 0 Å². The molecule has 0 radical (unpaired) electrons. The highest BCUT2D eigenvalue weighted by molar-refractivity contribution is 6.87. The molecule has 1 aliphatic rings. The van der Waals surface area contributed by atoms with Crippen molar-refractivity contribution in [2.24, 2.45) is 0 Å². The van der Waals surface area contributed by atoms with E-state index in [1.807, 2.05) is 194 Å². The molecule has 1 fully saturated rings. The Labute approximate surface area is 356 Å². The lowest BCUT2D eigenvalue weighted by Crippen LogP contribution is -2.61. The monoisotopic (exact) mass is 802 g/mol. The zero-order chi connectivity index (χ0) is 41.6. The molecule has 0 spiro atoms. The molecular formula is C48H38B4O9. The first-order chi connectivity index (χ1) is 30.0. The molecule has 13 heteroatoms. The van der Waals surface area contributed by atoms with Crippen molar-refractivity contribution in [3.8, 4) is 46.0 Å². The summed E-state index contributed by atoms with van der Waals surface area (Å²) in [6, 6.07) is 68.1. The van der Waals surface area contributed by atoms with E-state index in [1.54, 1.807) is 24.3 Å². The summed E-state index contributed by atoms with van der Waals surface area (Å²) >= 11 is 0. The Morgan fingerprint density at radius 3 is 0.721 bits per heavy atom. The highest BCUT2D eigenvalue weighted by atomic mass is 16.7. The second kappa shape index (κ2) is 20.3. The molecule has 9 nitrogen and oxygen atoms in total. The second-order valence-electron chi connectivity index (χ2n) is 13.7. The van der Waals surface area contributed by atoms with Crippen molar-refractivity contribution in [2.45, 2.75) is 0 Å². The zero-order valence-electron chi connectivity index (χ0n) is 32.8. The van der Waals surface area contributed by atoms with Crippen LogP contribution in [0.5, 0.6) is 46.0 Å².